The standard InChI is InChI=1S/C10H15F3N2O4/c1-14(19-2)8(16)6-3-7(10(11,12)13)5-15(4-6)9(17)18/h6-7H,3-5H2,1-2H3,(H,17,18). The smallest absolute Gasteiger partial charge is 0.407 e. The minimum absolute atomic E-state index is 0.256. The Labute approximate surface area is 107 Å². The molecule has 9 heteroatoms. The average Bonchev–Trinajstić information content (AvgIpc) is 2.35. The fourth-order valence-corrected chi connectivity index (χ4v) is 2.02. The summed E-state index contributed by atoms with van der Waals surface area (Å²) in [5.41, 5.74) is 0. The van der Waals surface area contributed by atoms with Crippen molar-refractivity contribution >= 4 is 12.0 Å². The van der Waals surface area contributed by atoms with E-state index in [1.54, 1.807) is 0 Å². The molecular weight excluding hydrogens is 269 g/mol. The number of hydrogen-bond acceptors (Lipinski definition) is 3. The molecule has 6 nitrogen and oxygen atoms in total. The van der Waals surface area contributed by atoms with Crippen molar-refractivity contribution in [3.8, 4) is 0 Å². The average molecular weight is 284 g/mol. The van der Waals surface area contributed by atoms with Crippen molar-refractivity contribution in [1.29, 1.82) is 0 Å². The summed E-state index contributed by atoms with van der Waals surface area (Å²) < 4.78 is 38.2. The predicted molar refractivity (Wildman–Crippen MR) is 57.0 cm³/mol. The number of carboxylic acid groups (broad SMARTS) is 1. The van der Waals surface area contributed by atoms with E-state index in [4.69, 9.17) is 5.11 Å². The molecule has 0 radical (unpaired) electrons. The third kappa shape index (κ3) is 3.72. The maximum absolute atomic E-state index is 12.7. The number of hydroxylamine groups is 2. The van der Waals surface area contributed by atoms with Gasteiger partial charge in [-0.05, 0) is 6.42 Å². The van der Waals surface area contributed by atoms with Crippen LogP contribution in [0, 0.1) is 11.8 Å². The second-order valence-corrected chi connectivity index (χ2v) is 4.38. The molecule has 0 bridgehead atoms. The highest BCUT2D eigenvalue weighted by atomic mass is 19.4. The highest BCUT2D eigenvalue weighted by Gasteiger charge is 2.47. The van der Waals surface area contributed by atoms with Crippen molar-refractivity contribution in [3.05, 3.63) is 0 Å². The number of hydrogen-bond donors (Lipinski definition) is 1. The van der Waals surface area contributed by atoms with E-state index in [1.807, 2.05) is 0 Å². The van der Waals surface area contributed by atoms with E-state index in [9.17, 15) is 22.8 Å². The second kappa shape index (κ2) is 5.64. The minimum atomic E-state index is -4.53. The second-order valence-electron chi connectivity index (χ2n) is 4.38. The molecule has 2 atom stereocenters. The van der Waals surface area contributed by atoms with Crippen LogP contribution >= 0.6 is 0 Å². The first-order valence-corrected chi connectivity index (χ1v) is 5.53. The lowest BCUT2D eigenvalue weighted by molar-refractivity contribution is -0.197. The summed E-state index contributed by atoms with van der Waals surface area (Å²) in [7, 11) is 2.47. The maximum atomic E-state index is 12.7. The van der Waals surface area contributed by atoms with Gasteiger partial charge in [0.15, 0.2) is 0 Å². The summed E-state index contributed by atoms with van der Waals surface area (Å²) in [6, 6.07) is 0. The van der Waals surface area contributed by atoms with Crippen molar-refractivity contribution in [2.45, 2.75) is 12.6 Å². The highest BCUT2D eigenvalue weighted by Crippen LogP contribution is 2.35. The molecule has 110 valence electrons. The monoisotopic (exact) mass is 284 g/mol. The van der Waals surface area contributed by atoms with E-state index in [0.29, 0.717) is 4.90 Å². The Bertz CT molecular complexity index is 361. The molecular formula is C10H15F3N2O4. The Kier molecular flexibility index (Phi) is 4.61. The SMILES string of the molecule is CON(C)C(=O)C1CC(C(F)(F)F)CN(C(=O)O)C1. The van der Waals surface area contributed by atoms with Crippen LogP contribution in [-0.2, 0) is 9.63 Å². The van der Waals surface area contributed by atoms with Crippen LogP contribution in [0.4, 0.5) is 18.0 Å². The van der Waals surface area contributed by atoms with E-state index in [-0.39, 0.29) is 6.54 Å². The van der Waals surface area contributed by atoms with Gasteiger partial charge in [0, 0.05) is 20.1 Å². The summed E-state index contributed by atoms with van der Waals surface area (Å²) in [6.07, 6.45) is -6.43. The molecule has 1 saturated heterocycles. The molecule has 2 unspecified atom stereocenters. The van der Waals surface area contributed by atoms with Crippen LogP contribution < -0.4 is 0 Å². The number of carbonyl (C=O) groups excluding carboxylic acids is 1. The number of piperidine rings is 1. The molecule has 1 aliphatic rings. The maximum Gasteiger partial charge on any atom is 0.407 e. The zero-order valence-corrected chi connectivity index (χ0v) is 10.5. The van der Waals surface area contributed by atoms with Crippen LogP contribution in [0.2, 0.25) is 0 Å². The molecule has 0 aromatic heterocycles. The van der Waals surface area contributed by atoms with Crippen molar-refractivity contribution in [3.63, 3.8) is 0 Å². The third-order valence-corrected chi connectivity index (χ3v) is 3.12. The van der Waals surface area contributed by atoms with Gasteiger partial charge in [0.05, 0.1) is 18.9 Å². The molecule has 19 heavy (non-hydrogen) atoms. The van der Waals surface area contributed by atoms with Crippen LogP contribution in [0.1, 0.15) is 6.42 Å². The first kappa shape index (κ1) is 15.5. The van der Waals surface area contributed by atoms with E-state index >= 15 is 0 Å². The molecule has 0 aromatic carbocycles. The van der Waals surface area contributed by atoms with Gasteiger partial charge in [0.25, 0.3) is 5.91 Å². The van der Waals surface area contributed by atoms with E-state index in [1.165, 1.54) is 14.2 Å². The number of rotatable bonds is 2. The van der Waals surface area contributed by atoms with Gasteiger partial charge in [0.1, 0.15) is 0 Å². The lowest BCUT2D eigenvalue weighted by Crippen LogP contribution is -2.51. The van der Waals surface area contributed by atoms with Gasteiger partial charge in [-0.2, -0.15) is 13.2 Å². The number of halogens is 3. The van der Waals surface area contributed by atoms with Crippen LogP contribution in [0.15, 0.2) is 0 Å². The summed E-state index contributed by atoms with van der Waals surface area (Å²) in [4.78, 5) is 27.9. The highest BCUT2D eigenvalue weighted by molar-refractivity contribution is 5.78. The van der Waals surface area contributed by atoms with Crippen LogP contribution in [0.25, 0.3) is 0 Å². The van der Waals surface area contributed by atoms with Gasteiger partial charge >= 0.3 is 12.3 Å². The predicted octanol–water partition coefficient (Wildman–Crippen LogP) is 1.18. The topological polar surface area (TPSA) is 70.1 Å². The Hall–Kier alpha value is -1.51. The number of likely N-dealkylation sites (tertiary alicyclic amines) is 1. The first-order valence-electron chi connectivity index (χ1n) is 5.53. The molecule has 1 heterocycles. The molecule has 1 N–H and O–H groups in total. The quantitative estimate of drug-likeness (QED) is 0.773. The first-order chi connectivity index (χ1) is 8.66. The van der Waals surface area contributed by atoms with Gasteiger partial charge < -0.3 is 10.0 Å². The van der Waals surface area contributed by atoms with Gasteiger partial charge in [0.2, 0.25) is 0 Å². The van der Waals surface area contributed by atoms with E-state index < -0.39 is 43.0 Å². The van der Waals surface area contributed by atoms with E-state index in [0.717, 1.165) is 5.06 Å². The summed E-state index contributed by atoms with van der Waals surface area (Å²) >= 11 is 0. The normalized spacial score (nSPS) is 24.2. The molecule has 0 spiro atoms. The molecule has 2 amide bonds. The molecule has 1 aliphatic heterocycles. The fraction of sp³-hybridized carbons (Fsp3) is 0.800. The summed E-state index contributed by atoms with van der Waals surface area (Å²) in [5.74, 6) is -3.55. The van der Waals surface area contributed by atoms with Crippen molar-refractivity contribution in [2.24, 2.45) is 11.8 Å². The lowest BCUT2D eigenvalue weighted by atomic mass is 9.88. The number of alkyl halides is 3. The molecule has 1 fully saturated rings. The Morgan fingerprint density at radius 3 is 2.37 bits per heavy atom. The molecule has 0 aromatic rings. The molecule has 1 rings (SSSR count). The van der Waals surface area contributed by atoms with E-state index in [2.05, 4.69) is 4.84 Å². The van der Waals surface area contributed by atoms with Crippen molar-refractivity contribution < 1.29 is 32.7 Å². The summed E-state index contributed by atoms with van der Waals surface area (Å²) in [6.45, 7) is -0.895. The van der Waals surface area contributed by atoms with Crippen molar-refractivity contribution in [1.82, 2.24) is 9.96 Å². The summed E-state index contributed by atoms with van der Waals surface area (Å²) in [5, 5.41) is 9.63. The van der Waals surface area contributed by atoms with Gasteiger partial charge in [-0.15, -0.1) is 0 Å². The number of amides is 2. The van der Waals surface area contributed by atoms with Gasteiger partial charge in [-0.3, -0.25) is 9.63 Å². The zero-order valence-electron chi connectivity index (χ0n) is 10.5. The number of carbonyl (C=O) groups is 2. The Morgan fingerprint density at radius 2 is 1.95 bits per heavy atom. The lowest BCUT2D eigenvalue weighted by Gasteiger charge is -2.37. The third-order valence-electron chi connectivity index (χ3n) is 3.12. The minimum Gasteiger partial charge on any atom is -0.465 e. The van der Waals surface area contributed by atoms with Crippen LogP contribution in [0.5, 0.6) is 0 Å². The largest absolute Gasteiger partial charge is 0.465 e. The van der Waals surface area contributed by atoms with Crippen molar-refractivity contribution in [2.75, 3.05) is 27.2 Å². The van der Waals surface area contributed by atoms with Crippen LogP contribution in [-0.4, -0.2) is 60.5 Å². The van der Waals surface area contributed by atoms with Crippen LogP contribution in [0.3, 0.4) is 0 Å². The Balaban J connectivity index is 2.87. The molecule has 0 saturated carbocycles. The Morgan fingerprint density at radius 1 is 1.37 bits per heavy atom. The zero-order chi connectivity index (χ0) is 14.8. The number of nitrogens with zero attached hydrogens (tertiary/aromatic N) is 2. The van der Waals surface area contributed by atoms with Gasteiger partial charge in [-0.1, -0.05) is 0 Å². The molecule has 0 aliphatic carbocycles. The van der Waals surface area contributed by atoms with Gasteiger partial charge in [-0.25, -0.2) is 9.86 Å². The fourth-order valence-electron chi connectivity index (χ4n) is 2.02.